The summed E-state index contributed by atoms with van der Waals surface area (Å²) in [5.41, 5.74) is 0. The van der Waals surface area contributed by atoms with Crippen LogP contribution in [-0.2, 0) is 35.9 Å². The second kappa shape index (κ2) is 12.2. The summed E-state index contributed by atoms with van der Waals surface area (Å²) in [6.45, 7) is 6.92. The predicted molar refractivity (Wildman–Crippen MR) is 48.7 cm³/mol. The fourth-order valence-corrected chi connectivity index (χ4v) is 2.25. The summed E-state index contributed by atoms with van der Waals surface area (Å²) in [5.74, 6) is 0. The van der Waals surface area contributed by atoms with E-state index in [0.717, 1.165) is 0 Å². The maximum atomic E-state index is 2.31. The summed E-state index contributed by atoms with van der Waals surface area (Å²) in [7, 11) is 0.137. The van der Waals surface area contributed by atoms with Crippen molar-refractivity contribution in [3.63, 3.8) is 0 Å². The van der Waals surface area contributed by atoms with Crippen molar-refractivity contribution in [3.05, 3.63) is 0 Å². The second-order valence-corrected chi connectivity index (χ2v) is 5.43. The fraction of sp³-hybridized carbons (Fsp3) is 1.00. The van der Waals surface area contributed by atoms with Crippen LogP contribution in [0.25, 0.3) is 0 Å². The molecule has 0 rings (SSSR count). The summed E-state index contributed by atoms with van der Waals surface area (Å²) < 4.78 is 0. The first-order valence-corrected chi connectivity index (χ1v) is 5.30. The van der Waals surface area contributed by atoms with Gasteiger partial charge in [-0.1, -0.05) is 0 Å². The molecule has 0 aliphatic carbocycles. The van der Waals surface area contributed by atoms with Gasteiger partial charge in [0.2, 0.25) is 0 Å². The van der Waals surface area contributed by atoms with Crippen LogP contribution >= 0.6 is 7.92 Å². The third-order valence-electron chi connectivity index (χ3n) is 1.50. The van der Waals surface area contributed by atoms with E-state index in [2.05, 4.69) is 20.8 Å². The molecule has 0 bridgehead atoms. The Morgan fingerprint density at radius 3 is 1.11 bits per heavy atom. The van der Waals surface area contributed by atoms with Crippen LogP contribution in [0, 0.1) is 0 Å². The van der Waals surface area contributed by atoms with Crippen LogP contribution in [0.3, 0.4) is 0 Å². The number of hydrogen-bond acceptors (Lipinski definition) is 1. The Bertz CT molecular complexity index is 34.5. The van der Waals surface area contributed by atoms with Gasteiger partial charge >= 0.3 is 22.4 Å². The molecule has 0 aliphatic heterocycles. The van der Waals surface area contributed by atoms with Gasteiger partial charge in [-0.3, -0.25) is 0 Å². The average molecular weight is 349 g/mol. The van der Waals surface area contributed by atoms with Gasteiger partial charge in [-0.25, -0.2) is 0 Å². The van der Waals surface area contributed by atoms with E-state index in [0.29, 0.717) is 0 Å². The number of thiol groups is 1. The summed E-state index contributed by atoms with van der Waals surface area (Å²) in [6.07, 6.45) is 4.37. The van der Waals surface area contributed by atoms with Crippen LogP contribution in [0.4, 0.5) is 0 Å². The molecule has 0 atom stereocenters. The minimum absolute atomic E-state index is 0. The number of rotatable bonds is 3. The van der Waals surface area contributed by atoms with Gasteiger partial charge in [0.25, 0.3) is 0 Å². The van der Waals surface area contributed by atoms with Crippen molar-refractivity contribution in [1.82, 2.24) is 0 Å². The molecule has 62 valence electrons. The zero-order chi connectivity index (χ0) is 5.70. The van der Waals surface area contributed by atoms with Gasteiger partial charge < -0.3 is 13.5 Å². The van der Waals surface area contributed by atoms with Crippen LogP contribution < -0.4 is 0 Å². The molecule has 0 aromatic heterocycles. The third-order valence-corrected chi connectivity index (χ3v) is 4.50. The standard InChI is InChI=1S/C6H15P.Au.H2S/c1-4-7(5-2)6-3;;/h4-6H2,1-3H3;;1H2/q;+1;. The molecule has 3 heteroatoms. The Labute approximate surface area is 82.9 Å². The third kappa shape index (κ3) is 9.52. The minimum atomic E-state index is 0. The zero-order valence-corrected chi connectivity index (χ0v) is 10.4. The molecule has 9 heavy (non-hydrogen) atoms. The molecule has 0 aromatic rings. The predicted octanol–water partition coefficient (Wildman–Crippen LogP) is 1.99. The van der Waals surface area contributed by atoms with Crippen molar-refractivity contribution in [2.45, 2.75) is 20.8 Å². The summed E-state index contributed by atoms with van der Waals surface area (Å²) in [5, 5.41) is 0. The van der Waals surface area contributed by atoms with Crippen LogP contribution in [0.2, 0.25) is 0 Å². The molecule has 0 radical (unpaired) electrons. The van der Waals surface area contributed by atoms with E-state index < -0.39 is 0 Å². The molecule has 0 saturated carbocycles. The van der Waals surface area contributed by atoms with Gasteiger partial charge in [-0.15, -0.1) is 0 Å². The summed E-state index contributed by atoms with van der Waals surface area (Å²) in [4.78, 5) is 0. The first kappa shape index (κ1) is 16.9. The Balaban J connectivity index is -0.000000180. The SMILES string of the molecule is CC[PH+](CC)CC.[Au+].[SH-]. The van der Waals surface area contributed by atoms with Crippen LogP contribution in [0.15, 0.2) is 0 Å². The van der Waals surface area contributed by atoms with Gasteiger partial charge in [-0.2, -0.15) is 0 Å². The van der Waals surface area contributed by atoms with E-state index in [1.807, 2.05) is 0 Å². The van der Waals surface area contributed by atoms with Gasteiger partial charge in [0, 0.05) is 0 Å². The molecule has 0 aliphatic rings. The number of hydrogen-bond donors (Lipinski definition) is 0. The summed E-state index contributed by atoms with van der Waals surface area (Å²) in [6, 6.07) is 0. The van der Waals surface area contributed by atoms with Crippen molar-refractivity contribution in [1.29, 1.82) is 0 Å². The maximum Gasteiger partial charge on any atom is 1.00 e. The van der Waals surface area contributed by atoms with Crippen LogP contribution in [-0.4, -0.2) is 18.5 Å². The molecule has 0 nitrogen and oxygen atoms in total. The summed E-state index contributed by atoms with van der Waals surface area (Å²) >= 11 is 0. The monoisotopic (exact) mass is 349 g/mol. The Hall–Kier alpha value is 1.52. The van der Waals surface area contributed by atoms with Crippen molar-refractivity contribution < 1.29 is 22.4 Å². The topological polar surface area (TPSA) is 0 Å². The van der Waals surface area contributed by atoms with Gasteiger partial charge in [0.05, 0.1) is 18.5 Å². The molecular weight excluding hydrogens is 332 g/mol. The molecule has 0 aromatic carbocycles. The maximum absolute atomic E-state index is 2.31. The van der Waals surface area contributed by atoms with Gasteiger partial charge in [0.15, 0.2) is 0 Å². The smallest absolute Gasteiger partial charge is 0.813 e. The fourth-order valence-electron chi connectivity index (χ4n) is 0.750. The second-order valence-electron chi connectivity index (χ2n) is 1.81. The minimum Gasteiger partial charge on any atom is -0.813 e. The van der Waals surface area contributed by atoms with Crippen LogP contribution in [0.1, 0.15) is 20.8 Å². The Morgan fingerprint density at radius 2 is 1.11 bits per heavy atom. The van der Waals surface area contributed by atoms with Gasteiger partial charge in [-0.05, 0) is 28.7 Å². The molecule has 0 spiro atoms. The van der Waals surface area contributed by atoms with E-state index in [1.165, 1.54) is 18.5 Å². The normalized spacial score (nSPS) is 8.00. The molecule has 0 heterocycles. The molecule has 0 N–H and O–H groups in total. The van der Waals surface area contributed by atoms with Crippen molar-refractivity contribution in [2.24, 2.45) is 0 Å². The molecule has 0 fully saturated rings. The van der Waals surface area contributed by atoms with E-state index in [-0.39, 0.29) is 43.8 Å². The van der Waals surface area contributed by atoms with Crippen molar-refractivity contribution in [2.75, 3.05) is 18.5 Å². The molecule has 0 saturated heterocycles. The van der Waals surface area contributed by atoms with E-state index >= 15 is 0 Å². The van der Waals surface area contributed by atoms with Crippen LogP contribution in [0.5, 0.6) is 0 Å². The zero-order valence-electron chi connectivity index (χ0n) is 6.37. The first-order valence-electron chi connectivity index (χ1n) is 3.18. The van der Waals surface area contributed by atoms with E-state index in [4.69, 9.17) is 0 Å². The Morgan fingerprint density at radius 1 is 0.889 bits per heavy atom. The molecular formula is C6H17AuPS+. The Kier molecular flexibility index (Phi) is 22.9. The van der Waals surface area contributed by atoms with Crippen molar-refractivity contribution in [3.8, 4) is 0 Å². The van der Waals surface area contributed by atoms with Gasteiger partial charge in [0.1, 0.15) is 0 Å². The largest absolute Gasteiger partial charge is 1.00 e. The quantitative estimate of drug-likeness (QED) is 0.325. The van der Waals surface area contributed by atoms with E-state index in [9.17, 15) is 0 Å². The molecule has 0 unspecified atom stereocenters. The average Bonchev–Trinajstić information content (AvgIpc) is 1.72. The molecule has 0 amide bonds. The van der Waals surface area contributed by atoms with E-state index in [1.54, 1.807) is 0 Å². The first-order chi connectivity index (χ1) is 3.35. The van der Waals surface area contributed by atoms with Crippen molar-refractivity contribution >= 4 is 21.4 Å².